The second-order valence-corrected chi connectivity index (χ2v) is 4.33. The van der Waals surface area contributed by atoms with Crippen LogP contribution in [0.25, 0.3) is 0 Å². The molecule has 0 aliphatic heterocycles. The van der Waals surface area contributed by atoms with Gasteiger partial charge in [-0.2, -0.15) is 0 Å². The quantitative estimate of drug-likeness (QED) is 0.910. The van der Waals surface area contributed by atoms with E-state index in [0.717, 1.165) is 12.1 Å². The fraction of sp³-hybridized carbons (Fsp3) is 0.133. The van der Waals surface area contributed by atoms with Crippen molar-refractivity contribution in [3.05, 3.63) is 53.6 Å². The van der Waals surface area contributed by atoms with Gasteiger partial charge in [-0.15, -0.1) is 0 Å². The van der Waals surface area contributed by atoms with Crippen molar-refractivity contribution >= 4 is 11.6 Å². The average Bonchev–Trinajstić information content (AvgIpc) is 2.43. The summed E-state index contributed by atoms with van der Waals surface area (Å²) in [6.45, 7) is 0.838. The summed E-state index contributed by atoms with van der Waals surface area (Å²) in [5, 5.41) is 11.4. The van der Waals surface area contributed by atoms with Crippen LogP contribution in [-0.2, 0) is 11.4 Å². The van der Waals surface area contributed by atoms with Gasteiger partial charge in [0.2, 0.25) is 5.91 Å². The molecule has 0 aliphatic carbocycles. The Morgan fingerprint density at radius 2 is 1.86 bits per heavy atom. The predicted molar refractivity (Wildman–Crippen MR) is 73.1 cm³/mol. The number of hydrogen-bond acceptors (Lipinski definition) is 3. The number of amides is 1. The molecule has 6 heteroatoms. The highest BCUT2D eigenvalue weighted by molar-refractivity contribution is 5.90. The molecule has 0 unspecified atom stereocenters. The maximum absolute atomic E-state index is 13.8. The van der Waals surface area contributed by atoms with Crippen LogP contribution >= 0.6 is 0 Å². The Labute approximate surface area is 120 Å². The second-order valence-electron chi connectivity index (χ2n) is 4.33. The summed E-state index contributed by atoms with van der Waals surface area (Å²) in [6, 6.07) is 8.26. The van der Waals surface area contributed by atoms with E-state index in [1.54, 1.807) is 18.2 Å². The van der Waals surface area contributed by atoms with Crippen LogP contribution in [0.3, 0.4) is 0 Å². The number of carbonyl (C=O) groups excluding carboxylic acids is 1. The van der Waals surface area contributed by atoms with E-state index in [-0.39, 0.29) is 17.2 Å². The van der Waals surface area contributed by atoms with Gasteiger partial charge in [0.25, 0.3) is 0 Å². The molecular formula is C15H13F2NO3. The Balaban J connectivity index is 2.37. The summed E-state index contributed by atoms with van der Waals surface area (Å²) >= 11 is 0. The summed E-state index contributed by atoms with van der Waals surface area (Å²) in [6.07, 6.45) is 0. The van der Waals surface area contributed by atoms with Crippen LogP contribution in [0.2, 0.25) is 0 Å². The molecule has 0 bridgehead atoms. The molecule has 0 aromatic heterocycles. The highest BCUT2D eigenvalue weighted by Gasteiger charge is 2.15. The second kappa shape index (κ2) is 6.32. The molecule has 0 fully saturated rings. The molecule has 2 N–H and O–H groups in total. The van der Waals surface area contributed by atoms with E-state index in [1.165, 1.54) is 13.0 Å². The molecule has 0 spiro atoms. The van der Waals surface area contributed by atoms with Gasteiger partial charge in [0, 0.05) is 6.92 Å². The van der Waals surface area contributed by atoms with Gasteiger partial charge in [-0.1, -0.05) is 12.1 Å². The lowest BCUT2D eigenvalue weighted by Crippen LogP contribution is -2.07. The monoisotopic (exact) mass is 293 g/mol. The van der Waals surface area contributed by atoms with Crippen molar-refractivity contribution < 1.29 is 23.4 Å². The summed E-state index contributed by atoms with van der Waals surface area (Å²) < 4.78 is 32.9. The molecular weight excluding hydrogens is 280 g/mol. The van der Waals surface area contributed by atoms with Crippen molar-refractivity contribution in [2.45, 2.75) is 13.5 Å². The van der Waals surface area contributed by atoms with Gasteiger partial charge in [0.15, 0.2) is 23.1 Å². The normalized spacial score (nSPS) is 10.3. The maximum atomic E-state index is 13.8. The first-order valence-corrected chi connectivity index (χ1v) is 6.14. The first kappa shape index (κ1) is 14.9. The minimum absolute atomic E-state index is 0.104. The Kier molecular flexibility index (Phi) is 4.49. The largest absolute Gasteiger partial charge is 0.449 e. The molecule has 0 heterocycles. The molecule has 2 aromatic rings. The van der Waals surface area contributed by atoms with E-state index in [9.17, 15) is 13.6 Å². The minimum Gasteiger partial charge on any atom is -0.449 e. The molecule has 110 valence electrons. The molecule has 1 amide bonds. The van der Waals surface area contributed by atoms with Crippen molar-refractivity contribution in [3.63, 3.8) is 0 Å². The summed E-state index contributed by atoms with van der Waals surface area (Å²) in [5.74, 6) is -2.68. The lowest BCUT2D eigenvalue weighted by molar-refractivity contribution is -0.114. The fourth-order valence-corrected chi connectivity index (χ4v) is 1.76. The number of ether oxygens (including phenoxy) is 1. The molecule has 21 heavy (non-hydrogen) atoms. The highest BCUT2D eigenvalue weighted by Crippen LogP contribution is 2.33. The highest BCUT2D eigenvalue weighted by atomic mass is 19.1. The van der Waals surface area contributed by atoms with Crippen molar-refractivity contribution in [1.29, 1.82) is 0 Å². The van der Waals surface area contributed by atoms with Crippen LogP contribution in [0.4, 0.5) is 14.5 Å². The molecule has 4 nitrogen and oxygen atoms in total. The molecule has 0 saturated heterocycles. The lowest BCUT2D eigenvalue weighted by atomic mass is 10.2. The van der Waals surface area contributed by atoms with Crippen LogP contribution in [0.1, 0.15) is 12.5 Å². The molecule has 0 aliphatic rings. The van der Waals surface area contributed by atoms with Gasteiger partial charge in [0.1, 0.15) is 0 Å². The summed E-state index contributed by atoms with van der Waals surface area (Å²) in [5.41, 5.74) is 0.405. The average molecular weight is 293 g/mol. The maximum Gasteiger partial charge on any atom is 0.221 e. The number of hydrogen-bond donors (Lipinski definition) is 2. The van der Waals surface area contributed by atoms with E-state index in [0.29, 0.717) is 5.69 Å². The minimum atomic E-state index is -0.934. The smallest absolute Gasteiger partial charge is 0.221 e. The number of carbonyl (C=O) groups is 1. The van der Waals surface area contributed by atoms with Gasteiger partial charge in [0.05, 0.1) is 12.3 Å². The van der Waals surface area contributed by atoms with E-state index in [4.69, 9.17) is 9.84 Å². The number of rotatable bonds is 4. The summed E-state index contributed by atoms with van der Waals surface area (Å²) in [4.78, 5) is 11.1. The number of anilines is 1. The standard InChI is InChI=1S/C15H13F2NO3/c1-9(20)18-13-4-2-3-5-14(13)21-15-11(16)6-10(8-19)7-12(15)17/h2-7,19H,8H2,1H3,(H,18,20). The molecule has 0 atom stereocenters. The van der Waals surface area contributed by atoms with E-state index < -0.39 is 24.0 Å². The van der Waals surface area contributed by atoms with E-state index >= 15 is 0 Å². The topological polar surface area (TPSA) is 58.6 Å². The van der Waals surface area contributed by atoms with Crippen molar-refractivity contribution in [2.24, 2.45) is 0 Å². The zero-order valence-electron chi connectivity index (χ0n) is 11.2. The van der Waals surface area contributed by atoms with Crippen LogP contribution in [-0.4, -0.2) is 11.0 Å². The SMILES string of the molecule is CC(=O)Nc1ccccc1Oc1c(F)cc(CO)cc1F. The molecule has 0 saturated carbocycles. The van der Waals surface area contributed by atoms with Gasteiger partial charge >= 0.3 is 0 Å². The number of aliphatic hydroxyl groups is 1. The van der Waals surface area contributed by atoms with Crippen LogP contribution in [0, 0.1) is 11.6 Å². The van der Waals surface area contributed by atoms with Crippen LogP contribution in [0.5, 0.6) is 11.5 Å². The Morgan fingerprint density at radius 3 is 2.43 bits per heavy atom. The fourth-order valence-electron chi connectivity index (χ4n) is 1.76. The first-order valence-electron chi connectivity index (χ1n) is 6.14. The van der Waals surface area contributed by atoms with E-state index in [1.807, 2.05) is 0 Å². The Morgan fingerprint density at radius 1 is 1.24 bits per heavy atom. The molecule has 2 aromatic carbocycles. The molecule has 0 radical (unpaired) electrons. The zero-order chi connectivity index (χ0) is 15.4. The lowest BCUT2D eigenvalue weighted by Gasteiger charge is -2.13. The molecule has 2 rings (SSSR count). The van der Waals surface area contributed by atoms with Gasteiger partial charge in [-0.3, -0.25) is 4.79 Å². The summed E-state index contributed by atoms with van der Waals surface area (Å²) in [7, 11) is 0. The van der Waals surface area contributed by atoms with Gasteiger partial charge < -0.3 is 15.2 Å². The number of nitrogens with one attached hydrogen (secondary N) is 1. The Bertz CT molecular complexity index is 651. The third kappa shape index (κ3) is 3.55. The van der Waals surface area contributed by atoms with Crippen LogP contribution < -0.4 is 10.1 Å². The third-order valence-corrected chi connectivity index (χ3v) is 2.65. The number of aliphatic hydroxyl groups excluding tert-OH is 1. The van der Waals surface area contributed by atoms with Crippen molar-refractivity contribution in [3.8, 4) is 11.5 Å². The van der Waals surface area contributed by atoms with Crippen molar-refractivity contribution in [2.75, 3.05) is 5.32 Å². The van der Waals surface area contributed by atoms with Gasteiger partial charge in [-0.05, 0) is 29.8 Å². The van der Waals surface area contributed by atoms with E-state index in [2.05, 4.69) is 5.32 Å². The first-order chi connectivity index (χ1) is 10.0. The zero-order valence-corrected chi connectivity index (χ0v) is 11.2. The van der Waals surface area contributed by atoms with Crippen molar-refractivity contribution in [1.82, 2.24) is 0 Å². The van der Waals surface area contributed by atoms with Gasteiger partial charge in [-0.25, -0.2) is 8.78 Å². The van der Waals surface area contributed by atoms with Crippen LogP contribution in [0.15, 0.2) is 36.4 Å². The number of benzene rings is 2. The number of para-hydroxylation sites is 2. The Hall–Kier alpha value is -2.47. The number of halogens is 2. The third-order valence-electron chi connectivity index (χ3n) is 2.65. The predicted octanol–water partition coefficient (Wildman–Crippen LogP) is 3.21.